The average molecular weight is 318 g/mol. The lowest BCUT2D eigenvalue weighted by atomic mass is 10.0. The number of rotatable bonds is 2. The Balaban J connectivity index is 2.08. The minimum atomic E-state index is -3.94. The molecule has 1 fully saturated rings. The number of aromatic hydroxyl groups is 1. The van der Waals surface area contributed by atoms with Crippen molar-refractivity contribution in [2.24, 2.45) is 0 Å². The lowest BCUT2D eigenvalue weighted by Crippen LogP contribution is -2.29. The Labute approximate surface area is 128 Å². The van der Waals surface area contributed by atoms with Gasteiger partial charge in [0.2, 0.25) is 0 Å². The van der Waals surface area contributed by atoms with Crippen molar-refractivity contribution in [3.05, 3.63) is 48.0 Å². The summed E-state index contributed by atoms with van der Waals surface area (Å²) in [6.07, 6.45) is 0. The van der Waals surface area contributed by atoms with Crippen molar-refractivity contribution < 1.29 is 18.3 Å². The van der Waals surface area contributed by atoms with Crippen molar-refractivity contribution in [2.75, 3.05) is 10.8 Å². The Morgan fingerprint density at radius 2 is 1.73 bits per heavy atom. The molecule has 0 bridgehead atoms. The van der Waals surface area contributed by atoms with E-state index in [-0.39, 0.29) is 18.0 Å². The van der Waals surface area contributed by atoms with Gasteiger partial charge in [-0.1, -0.05) is 35.9 Å². The van der Waals surface area contributed by atoms with E-state index in [1.54, 1.807) is 12.1 Å². The fraction of sp³-hybridized carbons (Fsp3) is 0.133. The van der Waals surface area contributed by atoms with E-state index in [0.29, 0.717) is 0 Å². The number of carbonyl (C=O) groups excluding carboxylic acids is 1. The summed E-state index contributed by atoms with van der Waals surface area (Å²) in [7, 11) is -3.94. The molecule has 0 saturated carbocycles. The van der Waals surface area contributed by atoms with Gasteiger partial charge < -0.3 is 5.11 Å². The smallest absolute Gasteiger partial charge is 0.326 e. The summed E-state index contributed by atoms with van der Waals surface area (Å²) in [5.41, 5.74) is 2.83. The molecule has 2 aromatic rings. The van der Waals surface area contributed by atoms with E-state index >= 15 is 0 Å². The zero-order valence-electron chi connectivity index (χ0n) is 11.8. The number of aryl methyl sites for hydroxylation is 1. The second kappa shape index (κ2) is 5.03. The molecule has 1 heterocycles. The number of phenolic OH excluding ortho intramolecular Hbond substituents is 1. The minimum absolute atomic E-state index is 0.0800. The van der Waals surface area contributed by atoms with Crippen molar-refractivity contribution >= 4 is 21.8 Å². The summed E-state index contributed by atoms with van der Waals surface area (Å²) in [5, 5.41) is 9.96. The highest BCUT2D eigenvalue weighted by Crippen LogP contribution is 2.34. The van der Waals surface area contributed by atoms with Crippen LogP contribution in [0.5, 0.6) is 5.75 Å². The van der Waals surface area contributed by atoms with Gasteiger partial charge in [0.15, 0.2) is 0 Å². The number of nitrogens with zero attached hydrogens (tertiary/aromatic N) is 1. The number of anilines is 1. The molecule has 114 valence electrons. The summed E-state index contributed by atoms with van der Waals surface area (Å²) in [6, 6.07) is 12.4. The highest BCUT2D eigenvalue weighted by atomic mass is 32.2. The SMILES string of the molecule is Cc1ccc(-c2ccc(O)c(N3CC(=O)NS3(=O)=O)c2)cc1. The molecule has 22 heavy (non-hydrogen) atoms. The molecule has 6 nitrogen and oxygen atoms in total. The van der Waals surface area contributed by atoms with Crippen molar-refractivity contribution in [3.8, 4) is 16.9 Å². The lowest BCUT2D eigenvalue weighted by molar-refractivity contribution is -0.117. The Morgan fingerprint density at radius 1 is 1.09 bits per heavy atom. The highest BCUT2D eigenvalue weighted by Gasteiger charge is 2.35. The van der Waals surface area contributed by atoms with E-state index in [0.717, 1.165) is 21.0 Å². The molecule has 0 unspecified atom stereocenters. The van der Waals surface area contributed by atoms with Crippen LogP contribution >= 0.6 is 0 Å². The molecule has 1 aliphatic heterocycles. The van der Waals surface area contributed by atoms with Crippen LogP contribution in [0.1, 0.15) is 5.56 Å². The van der Waals surface area contributed by atoms with Gasteiger partial charge in [-0.2, -0.15) is 8.42 Å². The van der Waals surface area contributed by atoms with Crippen LogP contribution in [-0.2, 0) is 15.0 Å². The van der Waals surface area contributed by atoms with E-state index < -0.39 is 16.1 Å². The van der Waals surface area contributed by atoms with Crippen LogP contribution < -0.4 is 9.03 Å². The van der Waals surface area contributed by atoms with Crippen molar-refractivity contribution in [1.29, 1.82) is 0 Å². The highest BCUT2D eigenvalue weighted by molar-refractivity contribution is 7.92. The van der Waals surface area contributed by atoms with E-state index in [1.165, 1.54) is 6.07 Å². The topological polar surface area (TPSA) is 86.7 Å². The molecule has 0 atom stereocenters. The van der Waals surface area contributed by atoms with E-state index in [2.05, 4.69) is 0 Å². The van der Waals surface area contributed by atoms with Gasteiger partial charge in [-0.15, -0.1) is 0 Å². The van der Waals surface area contributed by atoms with Gasteiger partial charge in [-0.25, -0.2) is 9.03 Å². The molecule has 3 rings (SSSR count). The molecule has 1 saturated heterocycles. The van der Waals surface area contributed by atoms with Gasteiger partial charge in [0, 0.05) is 0 Å². The van der Waals surface area contributed by atoms with Crippen LogP contribution in [0, 0.1) is 6.92 Å². The first kappa shape index (κ1) is 14.4. The van der Waals surface area contributed by atoms with Gasteiger partial charge >= 0.3 is 10.2 Å². The first-order valence-corrected chi connectivity index (χ1v) is 8.04. The average Bonchev–Trinajstić information content (AvgIpc) is 2.73. The summed E-state index contributed by atoms with van der Waals surface area (Å²) >= 11 is 0. The fourth-order valence-corrected chi connectivity index (χ4v) is 3.46. The quantitative estimate of drug-likeness (QED) is 0.879. The molecule has 2 aromatic carbocycles. The maximum absolute atomic E-state index is 11.9. The zero-order valence-corrected chi connectivity index (χ0v) is 12.6. The molecule has 0 aromatic heterocycles. The summed E-state index contributed by atoms with van der Waals surface area (Å²) < 4.78 is 26.5. The van der Waals surface area contributed by atoms with Gasteiger partial charge in [0.1, 0.15) is 12.3 Å². The van der Waals surface area contributed by atoms with Gasteiger partial charge in [0.25, 0.3) is 5.91 Å². The zero-order chi connectivity index (χ0) is 15.9. The molecule has 7 heteroatoms. The summed E-state index contributed by atoms with van der Waals surface area (Å²) in [4.78, 5) is 11.3. The van der Waals surface area contributed by atoms with Crippen molar-refractivity contribution in [2.45, 2.75) is 6.92 Å². The minimum Gasteiger partial charge on any atom is -0.506 e. The predicted molar refractivity (Wildman–Crippen MR) is 82.7 cm³/mol. The number of hydrogen-bond acceptors (Lipinski definition) is 4. The Morgan fingerprint density at radius 3 is 2.32 bits per heavy atom. The second-order valence-electron chi connectivity index (χ2n) is 5.11. The molecular formula is C15H14N2O4S. The fourth-order valence-electron chi connectivity index (χ4n) is 2.31. The van der Waals surface area contributed by atoms with Crippen LogP contribution in [-0.4, -0.2) is 26.0 Å². The molecule has 0 radical (unpaired) electrons. The Kier molecular flexibility index (Phi) is 3.29. The van der Waals surface area contributed by atoms with Crippen LogP contribution in [0.4, 0.5) is 5.69 Å². The van der Waals surface area contributed by atoms with Crippen molar-refractivity contribution in [3.63, 3.8) is 0 Å². The maximum atomic E-state index is 11.9. The van der Waals surface area contributed by atoms with Crippen LogP contribution in [0.2, 0.25) is 0 Å². The van der Waals surface area contributed by atoms with Crippen LogP contribution in [0.15, 0.2) is 42.5 Å². The summed E-state index contributed by atoms with van der Waals surface area (Å²) in [5.74, 6) is -0.823. The lowest BCUT2D eigenvalue weighted by Gasteiger charge is -2.17. The molecule has 0 aliphatic carbocycles. The van der Waals surface area contributed by atoms with Crippen LogP contribution in [0.3, 0.4) is 0 Å². The normalized spacial score (nSPS) is 16.6. The number of nitrogens with one attached hydrogen (secondary N) is 1. The van der Waals surface area contributed by atoms with Gasteiger partial charge in [-0.3, -0.25) is 4.79 Å². The maximum Gasteiger partial charge on any atom is 0.326 e. The van der Waals surface area contributed by atoms with E-state index in [4.69, 9.17) is 0 Å². The standard InChI is InChI=1S/C15H14N2O4S/c1-10-2-4-11(5-3-10)12-6-7-14(18)13(8-12)17-9-15(19)16-22(17,20)21/h2-8,18H,9H2,1H3,(H,16,19). The molecule has 2 N–H and O–H groups in total. The third kappa shape index (κ3) is 2.50. The predicted octanol–water partition coefficient (Wildman–Crippen LogP) is 1.55. The second-order valence-corrected chi connectivity index (χ2v) is 6.70. The number of hydrogen-bond donors (Lipinski definition) is 2. The number of benzene rings is 2. The van der Waals surface area contributed by atoms with Crippen LogP contribution in [0.25, 0.3) is 11.1 Å². The van der Waals surface area contributed by atoms with Crippen molar-refractivity contribution in [1.82, 2.24) is 4.72 Å². The largest absolute Gasteiger partial charge is 0.506 e. The first-order chi connectivity index (χ1) is 10.4. The Hall–Kier alpha value is -2.54. The number of phenols is 1. The molecule has 0 spiro atoms. The molecule has 1 amide bonds. The molecular weight excluding hydrogens is 304 g/mol. The number of amides is 1. The third-order valence-corrected chi connectivity index (χ3v) is 4.84. The first-order valence-electron chi connectivity index (χ1n) is 6.60. The Bertz CT molecular complexity index is 844. The van der Waals surface area contributed by atoms with Gasteiger partial charge in [-0.05, 0) is 30.2 Å². The number of carbonyl (C=O) groups is 1. The third-order valence-electron chi connectivity index (χ3n) is 3.45. The summed E-state index contributed by atoms with van der Waals surface area (Å²) in [6.45, 7) is 1.63. The van der Waals surface area contributed by atoms with E-state index in [9.17, 15) is 18.3 Å². The van der Waals surface area contributed by atoms with E-state index in [1.807, 2.05) is 35.9 Å². The van der Waals surface area contributed by atoms with Gasteiger partial charge in [0.05, 0.1) is 5.69 Å². The monoisotopic (exact) mass is 318 g/mol. The molecule has 1 aliphatic rings.